The first-order valence-corrected chi connectivity index (χ1v) is 8.29. The molecular formula is C16H19F3N6O2. The molecule has 1 fully saturated rings. The van der Waals surface area contributed by atoms with E-state index in [4.69, 9.17) is 0 Å². The third-order valence-corrected chi connectivity index (χ3v) is 4.31. The van der Waals surface area contributed by atoms with E-state index in [0.29, 0.717) is 0 Å². The van der Waals surface area contributed by atoms with E-state index in [0.717, 1.165) is 22.3 Å². The van der Waals surface area contributed by atoms with E-state index in [1.807, 2.05) is 13.0 Å². The highest BCUT2D eigenvalue weighted by molar-refractivity contribution is 6.00. The Kier molecular flexibility index (Phi) is 4.94. The SMILES string of the molecule is Cc1cc(CNC(=O)C2CC(=O)N(c3cnn(CC(F)(F)F)c3)C2)n(C)n1. The topological polar surface area (TPSA) is 85.0 Å². The van der Waals surface area contributed by atoms with Crippen LogP contribution < -0.4 is 10.2 Å². The van der Waals surface area contributed by atoms with Crippen LogP contribution in [0.1, 0.15) is 17.8 Å². The molecule has 3 heterocycles. The number of nitrogens with zero attached hydrogens (tertiary/aromatic N) is 5. The molecule has 0 bridgehead atoms. The maximum absolute atomic E-state index is 12.4. The average Bonchev–Trinajstić information content (AvgIpc) is 3.23. The first-order chi connectivity index (χ1) is 12.6. The fourth-order valence-electron chi connectivity index (χ4n) is 3.05. The van der Waals surface area contributed by atoms with Crippen LogP contribution in [-0.4, -0.2) is 44.1 Å². The molecule has 2 aromatic rings. The van der Waals surface area contributed by atoms with Gasteiger partial charge >= 0.3 is 6.18 Å². The van der Waals surface area contributed by atoms with Crippen LogP contribution >= 0.6 is 0 Å². The van der Waals surface area contributed by atoms with Crippen molar-refractivity contribution in [3.63, 3.8) is 0 Å². The molecule has 2 aromatic heterocycles. The van der Waals surface area contributed by atoms with Crippen LogP contribution in [-0.2, 0) is 29.7 Å². The van der Waals surface area contributed by atoms with E-state index in [-0.39, 0.29) is 37.0 Å². The number of anilines is 1. The lowest BCUT2D eigenvalue weighted by Crippen LogP contribution is -2.33. The number of aryl methyl sites for hydroxylation is 2. The standard InChI is InChI=1S/C16H19F3N6O2/c1-10-3-12(23(2)22-10)5-20-15(27)11-4-14(26)25(7-11)13-6-21-24(8-13)9-16(17,18)19/h3,6,8,11H,4-5,7,9H2,1-2H3,(H,20,27). The highest BCUT2D eigenvalue weighted by Gasteiger charge is 2.36. The van der Waals surface area contributed by atoms with Gasteiger partial charge < -0.3 is 10.2 Å². The molecule has 0 aliphatic carbocycles. The lowest BCUT2D eigenvalue weighted by atomic mass is 10.1. The van der Waals surface area contributed by atoms with Crippen LogP contribution in [0.15, 0.2) is 18.5 Å². The number of rotatable bonds is 5. The van der Waals surface area contributed by atoms with Crippen LogP contribution in [0.3, 0.4) is 0 Å². The minimum Gasteiger partial charge on any atom is -0.350 e. The van der Waals surface area contributed by atoms with Crippen molar-refractivity contribution in [2.24, 2.45) is 13.0 Å². The van der Waals surface area contributed by atoms with Crippen LogP contribution in [0.5, 0.6) is 0 Å². The van der Waals surface area contributed by atoms with E-state index < -0.39 is 18.6 Å². The number of carbonyl (C=O) groups excluding carboxylic acids is 2. The number of aromatic nitrogens is 4. The van der Waals surface area contributed by atoms with Gasteiger partial charge in [-0.1, -0.05) is 0 Å². The second-order valence-electron chi connectivity index (χ2n) is 6.54. The first kappa shape index (κ1) is 18.9. The highest BCUT2D eigenvalue weighted by Crippen LogP contribution is 2.26. The summed E-state index contributed by atoms with van der Waals surface area (Å²) in [5.41, 5.74) is 1.91. The molecule has 3 rings (SSSR count). The number of amides is 2. The van der Waals surface area contributed by atoms with Gasteiger partial charge in [0.15, 0.2) is 0 Å². The molecule has 0 aromatic carbocycles. The summed E-state index contributed by atoms with van der Waals surface area (Å²) < 4.78 is 39.7. The molecule has 1 aliphatic rings. The zero-order valence-corrected chi connectivity index (χ0v) is 14.8. The Morgan fingerprint density at radius 2 is 2.15 bits per heavy atom. The molecule has 11 heteroatoms. The van der Waals surface area contributed by atoms with E-state index >= 15 is 0 Å². The molecule has 1 saturated heterocycles. The summed E-state index contributed by atoms with van der Waals surface area (Å²) in [5.74, 6) is -1.18. The van der Waals surface area contributed by atoms with Crippen LogP contribution in [0.4, 0.5) is 18.9 Å². The van der Waals surface area contributed by atoms with E-state index in [1.165, 1.54) is 11.1 Å². The summed E-state index contributed by atoms with van der Waals surface area (Å²) in [5, 5.41) is 10.6. The monoisotopic (exact) mass is 384 g/mol. The fourth-order valence-corrected chi connectivity index (χ4v) is 3.05. The van der Waals surface area contributed by atoms with Gasteiger partial charge in [0.25, 0.3) is 0 Å². The van der Waals surface area contributed by atoms with Gasteiger partial charge in [-0.2, -0.15) is 23.4 Å². The number of carbonyl (C=O) groups is 2. The van der Waals surface area contributed by atoms with Gasteiger partial charge in [0.2, 0.25) is 11.8 Å². The third kappa shape index (κ3) is 4.47. The summed E-state index contributed by atoms with van der Waals surface area (Å²) in [6.45, 7) is 0.998. The van der Waals surface area contributed by atoms with E-state index in [1.54, 1.807) is 11.7 Å². The summed E-state index contributed by atoms with van der Waals surface area (Å²) in [4.78, 5) is 25.8. The van der Waals surface area contributed by atoms with Gasteiger partial charge in [0.1, 0.15) is 6.54 Å². The summed E-state index contributed by atoms with van der Waals surface area (Å²) in [7, 11) is 1.77. The first-order valence-electron chi connectivity index (χ1n) is 8.29. The zero-order chi connectivity index (χ0) is 19.8. The van der Waals surface area contributed by atoms with Gasteiger partial charge in [0.05, 0.1) is 35.7 Å². The smallest absolute Gasteiger partial charge is 0.350 e. The molecule has 27 heavy (non-hydrogen) atoms. The molecular weight excluding hydrogens is 365 g/mol. The van der Waals surface area contributed by atoms with Crippen molar-refractivity contribution in [2.45, 2.75) is 32.6 Å². The van der Waals surface area contributed by atoms with Crippen LogP contribution in [0.25, 0.3) is 0 Å². The molecule has 1 aliphatic heterocycles. The lowest BCUT2D eigenvalue weighted by Gasteiger charge is -2.14. The van der Waals surface area contributed by atoms with Crippen molar-refractivity contribution >= 4 is 17.5 Å². The predicted octanol–water partition coefficient (Wildman–Crippen LogP) is 1.16. The minimum atomic E-state index is -4.40. The fraction of sp³-hybridized carbons (Fsp3) is 0.500. The number of hydrogen-bond acceptors (Lipinski definition) is 4. The Morgan fingerprint density at radius 1 is 1.41 bits per heavy atom. The zero-order valence-electron chi connectivity index (χ0n) is 14.8. The van der Waals surface area contributed by atoms with Gasteiger partial charge in [0, 0.05) is 26.2 Å². The lowest BCUT2D eigenvalue weighted by molar-refractivity contribution is -0.142. The molecule has 1 N–H and O–H groups in total. The molecule has 0 saturated carbocycles. The minimum absolute atomic E-state index is 0.000693. The number of halogens is 3. The highest BCUT2D eigenvalue weighted by atomic mass is 19.4. The molecule has 0 radical (unpaired) electrons. The number of hydrogen-bond donors (Lipinski definition) is 1. The Morgan fingerprint density at radius 3 is 2.78 bits per heavy atom. The Balaban J connectivity index is 1.59. The van der Waals surface area contributed by atoms with Crippen molar-refractivity contribution in [1.29, 1.82) is 0 Å². The second kappa shape index (κ2) is 7.05. The van der Waals surface area contributed by atoms with E-state index in [2.05, 4.69) is 15.5 Å². The molecule has 8 nitrogen and oxygen atoms in total. The average molecular weight is 384 g/mol. The summed E-state index contributed by atoms with van der Waals surface area (Å²) >= 11 is 0. The van der Waals surface area contributed by atoms with Crippen LogP contribution in [0.2, 0.25) is 0 Å². The number of nitrogens with one attached hydrogen (secondary N) is 1. The van der Waals surface area contributed by atoms with Gasteiger partial charge in [-0.05, 0) is 13.0 Å². The van der Waals surface area contributed by atoms with Crippen molar-refractivity contribution in [3.8, 4) is 0 Å². The van der Waals surface area contributed by atoms with E-state index in [9.17, 15) is 22.8 Å². The second-order valence-corrected chi connectivity index (χ2v) is 6.54. The van der Waals surface area contributed by atoms with Crippen molar-refractivity contribution < 1.29 is 22.8 Å². The molecule has 0 spiro atoms. The molecule has 1 atom stereocenters. The maximum Gasteiger partial charge on any atom is 0.408 e. The summed E-state index contributed by atoms with van der Waals surface area (Å²) in [6, 6.07) is 1.85. The Bertz CT molecular complexity index is 857. The third-order valence-electron chi connectivity index (χ3n) is 4.31. The van der Waals surface area contributed by atoms with Gasteiger partial charge in [-0.3, -0.25) is 19.0 Å². The van der Waals surface area contributed by atoms with Crippen molar-refractivity contribution in [3.05, 3.63) is 29.8 Å². The normalized spacial score (nSPS) is 17.6. The molecule has 1 unspecified atom stereocenters. The van der Waals surface area contributed by atoms with Gasteiger partial charge in [-0.25, -0.2) is 0 Å². The predicted molar refractivity (Wildman–Crippen MR) is 88.5 cm³/mol. The molecule has 146 valence electrons. The largest absolute Gasteiger partial charge is 0.408 e. The van der Waals surface area contributed by atoms with Crippen molar-refractivity contribution in [2.75, 3.05) is 11.4 Å². The quantitative estimate of drug-likeness (QED) is 0.838. The molecule has 2 amide bonds. The van der Waals surface area contributed by atoms with Gasteiger partial charge in [-0.15, -0.1) is 0 Å². The van der Waals surface area contributed by atoms with Crippen LogP contribution in [0, 0.1) is 12.8 Å². The summed E-state index contributed by atoms with van der Waals surface area (Å²) in [6.07, 6.45) is -2.04. The maximum atomic E-state index is 12.4. The Hall–Kier alpha value is -2.85. The Labute approximate surface area is 152 Å². The number of alkyl halides is 3. The van der Waals surface area contributed by atoms with Crippen molar-refractivity contribution in [1.82, 2.24) is 24.9 Å².